The van der Waals surface area contributed by atoms with Crippen molar-refractivity contribution in [1.82, 2.24) is 10.3 Å². The van der Waals surface area contributed by atoms with Crippen LogP contribution in [0, 0.1) is 0 Å². The molecule has 4 rings (SSSR count). The van der Waals surface area contributed by atoms with Crippen LogP contribution in [0.4, 0.5) is 13.2 Å². The van der Waals surface area contributed by atoms with Crippen molar-refractivity contribution in [2.45, 2.75) is 31.0 Å². The molecule has 1 amide bonds. The molecule has 1 unspecified atom stereocenters. The van der Waals surface area contributed by atoms with Gasteiger partial charge in [0.15, 0.2) is 24.0 Å². The summed E-state index contributed by atoms with van der Waals surface area (Å²) >= 11 is 0. The number of nitrogens with one attached hydrogen (secondary N) is 3. The van der Waals surface area contributed by atoms with Gasteiger partial charge in [0.25, 0.3) is 11.7 Å². The second-order valence-corrected chi connectivity index (χ2v) is 6.40. The largest absolute Gasteiger partial charge is 0.413 e. The highest BCUT2D eigenvalue weighted by Gasteiger charge is 2.44. The Kier molecular flexibility index (Phi) is 3.90. The second-order valence-electron chi connectivity index (χ2n) is 6.40. The molecule has 3 heterocycles. The van der Waals surface area contributed by atoms with Gasteiger partial charge in [0.2, 0.25) is 5.69 Å². The van der Waals surface area contributed by atoms with Crippen LogP contribution in [0.2, 0.25) is 0 Å². The van der Waals surface area contributed by atoms with Crippen molar-refractivity contribution < 1.29 is 27.4 Å². The van der Waals surface area contributed by atoms with Crippen LogP contribution in [0.3, 0.4) is 0 Å². The zero-order chi connectivity index (χ0) is 18.3. The maximum atomic E-state index is 13.5. The molecule has 5 nitrogen and oxygen atoms in total. The van der Waals surface area contributed by atoms with Crippen LogP contribution >= 0.6 is 0 Å². The average Bonchev–Trinajstić information content (AvgIpc) is 3.39. The second kappa shape index (κ2) is 6.12. The summed E-state index contributed by atoms with van der Waals surface area (Å²) in [6, 6.07) is 5.99. The Morgan fingerprint density at radius 2 is 2.08 bits per heavy atom. The third-order valence-electron chi connectivity index (χ3n) is 4.49. The Bertz CT molecular complexity index is 948. The number of alkyl halides is 3. The van der Waals surface area contributed by atoms with Crippen LogP contribution in [-0.2, 0) is 0 Å². The van der Waals surface area contributed by atoms with E-state index in [2.05, 4.69) is 15.3 Å². The van der Waals surface area contributed by atoms with E-state index in [1.165, 1.54) is 24.5 Å². The molecule has 1 aliphatic carbocycles. The van der Waals surface area contributed by atoms with Crippen molar-refractivity contribution in [2.24, 2.45) is 0 Å². The van der Waals surface area contributed by atoms with Gasteiger partial charge in [-0.15, -0.1) is 0 Å². The highest BCUT2D eigenvalue weighted by atomic mass is 19.4. The molecule has 0 bridgehead atoms. The third kappa shape index (κ3) is 3.02. The highest BCUT2D eigenvalue weighted by Crippen LogP contribution is 2.38. The first kappa shape index (κ1) is 16.6. The number of carbonyl (C=O) groups excluding carboxylic acids is 1. The SMILES string of the molecule is O=C(NC(c1ccc[nH+]c1)C(F)(F)F)c1[nH]c(C2CC2)[n+]2ccccc12. The van der Waals surface area contributed by atoms with Gasteiger partial charge < -0.3 is 5.32 Å². The zero-order valence-electron chi connectivity index (χ0n) is 13.7. The molecule has 3 N–H and O–H groups in total. The first-order chi connectivity index (χ1) is 12.4. The number of pyridine rings is 2. The minimum Gasteiger partial charge on any atom is -0.333 e. The fourth-order valence-corrected chi connectivity index (χ4v) is 3.08. The number of amides is 1. The van der Waals surface area contributed by atoms with Crippen molar-refractivity contribution in [3.8, 4) is 0 Å². The number of carbonyl (C=O) groups is 1. The number of aromatic amines is 2. The number of H-pyrrole nitrogens is 2. The summed E-state index contributed by atoms with van der Waals surface area (Å²) in [7, 11) is 0. The number of fused-ring (bicyclic) bond motifs is 1. The van der Waals surface area contributed by atoms with Gasteiger partial charge in [-0.3, -0.25) is 4.79 Å². The van der Waals surface area contributed by atoms with E-state index in [1.807, 2.05) is 16.7 Å². The maximum Gasteiger partial charge on any atom is 0.413 e. The van der Waals surface area contributed by atoms with Crippen molar-refractivity contribution in [3.05, 3.63) is 66.0 Å². The summed E-state index contributed by atoms with van der Waals surface area (Å²) in [5.41, 5.74) is 0.647. The summed E-state index contributed by atoms with van der Waals surface area (Å²) in [6.45, 7) is 0. The molecule has 8 heteroatoms. The molecule has 1 fully saturated rings. The van der Waals surface area contributed by atoms with Crippen molar-refractivity contribution in [1.29, 1.82) is 0 Å². The summed E-state index contributed by atoms with van der Waals surface area (Å²) in [6.07, 6.45) is 1.95. The Labute approximate surface area is 146 Å². The number of rotatable bonds is 4. The van der Waals surface area contributed by atoms with Gasteiger partial charge in [-0.1, -0.05) is 6.07 Å². The van der Waals surface area contributed by atoms with Gasteiger partial charge in [0.05, 0.1) is 12.1 Å². The van der Waals surface area contributed by atoms with Crippen molar-refractivity contribution in [3.63, 3.8) is 0 Å². The van der Waals surface area contributed by atoms with E-state index in [1.54, 1.807) is 12.1 Å². The smallest absolute Gasteiger partial charge is 0.333 e. The van der Waals surface area contributed by atoms with Crippen LogP contribution in [0.1, 0.15) is 46.7 Å². The van der Waals surface area contributed by atoms with Crippen LogP contribution in [0.15, 0.2) is 48.9 Å². The first-order valence-electron chi connectivity index (χ1n) is 8.31. The Hall–Kier alpha value is -2.90. The van der Waals surface area contributed by atoms with E-state index in [4.69, 9.17) is 0 Å². The van der Waals surface area contributed by atoms with Gasteiger partial charge in [-0.05, 0) is 31.0 Å². The molecule has 0 spiro atoms. The minimum absolute atomic E-state index is 0.0562. The molecule has 1 saturated carbocycles. The average molecular weight is 362 g/mol. The number of hydrogen-bond donors (Lipinski definition) is 2. The number of nitrogens with zero attached hydrogens (tertiary/aromatic N) is 1. The lowest BCUT2D eigenvalue weighted by atomic mass is 10.1. The Morgan fingerprint density at radius 3 is 2.73 bits per heavy atom. The lowest BCUT2D eigenvalue weighted by Gasteiger charge is -2.19. The normalized spacial score (nSPS) is 15.8. The fourth-order valence-electron chi connectivity index (χ4n) is 3.08. The van der Waals surface area contributed by atoms with Gasteiger partial charge in [0, 0.05) is 11.6 Å². The molecule has 0 aliphatic heterocycles. The van der Waals surface area contributed by atoms with Gasteiger partial charge in [-0.25, -0.2) is 9.97 Å². The zero-order valence-corrected chi connectivity index (χ0v) is 13.7. The summed E-state index contributed by atoms with van der Waals surface area (Å²) < 4.78 is 42.3. The molecular weight excluding hydrogens is 345 g/mol. The third-order valence-corrected chi connectivity index (χ3v) is 4.49. The Morgan fingerprint density at radius 1 is 1.27 bits per heavy atom. The molecule has 1 atom stereocenters. The minimum atomic E-state index is -4.61. The summed E-state index contributed by atoms with van der Waals surface area (Å²) in [5.74, 6) is 0.378. The molecular formula is C18H17F3N4O+2. The number of aromatic nitrogens is 3. The molecule has 134 valence electrons. The number of halogens is 3. The summed E-state index contributed by atoms with van der Waals surface area (Å²) in [4.78, 5) is 18.3. The van der Waals surface area contributed by atoms with E-state index < -0.39 is 18.1 Å². The van der Waals surface area contributed by atoms with E-state index in [9.17, 15) is 18.0 Å². The van der Waals surface area contributed by atoms with Crippen LogP contribution in [0.5, 0.6) is 0 Å². The number of hydrogen-bond acceptors (Lipinski definition) is 1. The highest BCUT2D eigenvalue weighted by molar-refractivity contribution is 5.98. The number of imidazole rings is 1. The summed E-state index contributed by atoms with van der Waals surface area (Å²) in [5, 5.41) is 2.13. The van der Waals surface area contributed by atoms with Crippen LogP contribution in [0.25, 0.3) is 5.52 Å². The van der Waals surface area contributed by atoms with Crippen molar-refractivity contribution in [2.75, 3.05) is 0 Å². The van der Waals surface area contributed by atoms with E-state index in [0.717, 1.165) is 18.7 Å². The maximum absolute atomic E-state index is 13.5. The lowest BCUT2D eigenvalue weighted by molar-refractivity contribution is -0.521. The topological polar surface area (TPSA) is 63.1 Å². The van der Waals surface area contributed by atoms with E-state index in [-0.39, 0.29) is 11.3 Å². The molecule has 1 aliphatic rings. The standard InChI is InChI=1S/C18H15F3N4O/c19-18(20,21)15(12-4-3-8-22-10-12)24-17(26)14-13-5-1-2-9-25(13)16(23-14)11-6-7-11/h1-5,8-11,15H,6-7H2,(H,24,26)/p+2. The van der Waals surface area contributed by atoms with Crippen molar-refractivity contribution >= 4 is 11.4 Å². The lowest BCUT2D eigenvalue weighted by Crippen LogP contribution is -2.39. The van der Waals surface area contributed by atoms with E-state index >= 15 is 0 Å². The predicted molar refractivity (Wildman–Crippen MR) is 85.2 cm³/mol. The van der Waals surface area contributed by atoms with Gasteiger partial charge in [0.1, 0.15) is 0 Å². The van der Waals surface area contributed by atoms with E-state index in [0.29, 0.717) is 11.4 Å². The predicted octanol–water partition coefficient (Wildman–Crippen LogP) is 2.48. The van der Waals surface area contributed by atoms with Gasteiger partial charge in [-0.2, -0.15) is 17.6 Å². The quantitative estimate of drug-likeness (QED) is 0.688. The molecule has 3 aromatic rings. The monoisotopic (exact) mass is 362 g/mol. The molecule has 0 aromatic carbocycles. The van der Waals surface area contributed by atoms with Crippen LogP contribution in [-0.4, -0.2) is 17.1 Å². The molecule has 26 heavy (non-hydrogen) atoms. The van der Waals surface area contributed by atoms with Crippen LogP contribution < -0.4 is 14.7 Å². The first-order valence-corrected chi connectivity index (χ1v) is 8.31. The Balaban J connectivity index is 1.70. The van der Waals surface area contributed by atoms with Gasteiger partial charge >= 0.3 is 6.18 Å². The molecule has 3 aromatic heterocycles. The molecule has 0 saturated heterocycles. The fraction of sp³-hybridized carbons (Fsp3) is 0.278. The molecule has 0 radical (unpaired) electrons.